The molecule has 0 nitrogen and oxygen atoms in total. The predicted molar refractivity (Wildman–Crippen MR) is 49.3 cm³/mol. The van der Waals surface area contributed by atoms with E-state index in [2.05, 4.69) is 15.9 Å². The van der Waals surface area contributed by atoms with E-state index in [9.17, 15) is 8.78 Å². The molecule has 1 fully saturated rings. The van der Waals surface area contributed by atoms with Crippen LogP contribution in [0.25, 0.3) is 0 Å². The van der Waals surface area contributed by atoms with Crippen molar-refractivity contribution in [3.8, 4) is 0 Å². The summed E-state index contributed by atoms with van der Waals surface area (Å²) in [6.45, 7) is 0. The molecule has 0 bridgehead atoms. The van der Waals surface area contributed by atoms with Gasteiger partial charge in [0.2, 0.25) is 0 Å². The second-order valence-electron chi connectivity index (χ2n) is 2.93. The smallest absolute Gasteiger partial charge is 0.206 e. The highest BCUT2D eigenvalue weighted by molar-refractivity contribution is 9.09. The molecule has 0 spiro atoms. The fraction of sp³-hybridized carbons (Fsp3) is 0.500. The first-order valence-electron chi connectivity index (χ1n) is 3.65. The van der Waals surface area contributed by atoms with Gasteiger partial charge in [-0.15, -0.1) is 11.3 Å². The minimum Gasteiger partial charge on any atom is -0.206 e. The Morgan fingerprint density at radius 2 is 2.33 bits per heavy atom. The van der Waals surface area contributed by atoms with Crippen molar-refractivity contribution in [1.82, 2.24) is 0 Å². The highest BCUT2D eigenvalue weighted by Gasteiger charge is 2.68. The zero-order valence-electron chi connectivity index (χ0n) is 6.14. The monoisotopic (exact) mass is 252 g/mol. The minimum absolute atomic E-state index is 0.391. The Labute approximate surface area is 81.7 Å². The molecule has 0 aromatic carbocycles. The van der Waals surface area contributed by atoms with Crippen molar-refractivity contribution >= 4 is 27.3 Å². The third kappa shape index (κ3) is 1.12. The maximum atomic E-state index is 13.0. The third-order valence-corrected chi connectivity index (χ3v) is 3.87. The molecule has 4 heteroatoms. The molecule has 0 N–H and O–H groups in total. The fourth-order valence-electron chi connectivity index (χ4n) is 1.44. The van der Waals surface area contributed by atoms with Crippen LogP contribution in [0.1, 0.15) is 10.8 Å². The fourth-order valence-corrected chi connectivity index (χ4v) is 3.18. The quantitative estimate of drug-likeness (QED) is 0.708. The molecule has 12 heavy (non-hydrogen) atoms. The standard InChI is InChI=1S/C8H7BrF2S/c9-4-5-7(8(5,10)11)6-2-1-3-12-6/h1-3,5,7H,4H2/t5-,7-/m1/s1. The molecular weight excluding hydrogens is 246 g/mol. The summed E-state index contributed by atoms with van der Waals surface area (Å²) in [7, 11) is 0. The van der Waals surface area contributed by atoms with Crippen LogP contribution >= 0.6 is 27.3 Å². The molecule has 1 aromatic heterocycles. The molecule has 2 rings (SSSR count). The molecule has 0 saturated heterocycles. The highest BCUT2D eigenvalue weighted by atomic mass is 79.9. The van der Waals surface area contributed by atoms with Gasteiger partial charge in [0.15, 0.2) is 0 Å². The molecule has 2 atom stereocenters. The summed E-state index contributed by atoms with van der Waals surface area (Å²) in [5.41, 5.74) is 0. The van der Waals surface area contributed by atoms with Crippen molar-refractivity contribution in [3.05, 3.63) is 22.4 Å². The molecular formula is C8H7BrF2S. The molecule has 1 heterocycles. The lowest BCUT2D eigenvalue weighted by molar-refractivity contribution is 0.0977. The van der Waals surface area contributed by atoms with Gasteiger partial charge in [0, 0.05) is 16.1 Å². The van der Waals surface area contributed by atoms with Crippen LogP contribution in [0.2, 0.25) is 0 Å². The van der Waals surface area contributed by atoms with Crippen LogP contribution in [-0.2, 0) is 0 Å². The number of hydrogen-bond acceptors (Lipinski definition) is 1. The highest BCUT2D eigenvalue weighted by Crippen LogP contribution is 2.62. The van der Waals surface area contributed by atoms with Crippen molar-refractivity contribution in [2.75, 3.05) is 5.33 Å². The van der Waals surface area contributed by atoms with Crippen molar-refractivity contribution < 1.29 is 8.78 Å². The van der Waals surface area contributed by atoms with Gasteiger partial charge in [0.1, 0.15) is 0 Å². The lowest BCUT2D eigenvalue weighted by atomic mass is 10.3. The summed E-state index contributed by atoms with van der Waals surface area (Å²) < 4.78 is 26.0. The van der Waals surface area contributed by atoms with Gasteiger partial charge >= 0.3 is 0 Å². The van der Waals surface area contributed by atoms with Crippen molar-refractivity contribution in [2.24, 2.45) is 5.92 Å². The van der Waals surface area contributed by atoms with Crippen molar-refractivity contribution in [2.45, 2.75) is 11.8 Å². The van der Waals surface area contributed by atoms with E-state index >= 15 is 0 Å². The van der Waals surface area contributed by atoms with Crippen molar-refractivity contribution in [3.63, 3.8) is 0 Å². The van der Waals surface area contributed by atoms with Gasteiger partial charge in [0.05, 0.1) is 5.92 Å². The first-order valence-corrected chi connectivity index (χ1v) is 5.65. The number of halogens is 3. The van der Waals surface area contributed by atoms with E-state index in [4.69, 9.17) is 0 Å². The summed E-state index contributed by atoms with van der Waals surface area (Å²) in [5, 5.41) is 2.23. The van der Waals surface area contributed by atoms with E-state index in [0.29, 0.717) is 5.33 Å². The van der Waals surface area contributed by atoms with Gasteiger partial charge in [-0.2, -0.15) is 0 Å². The molecule has 0 radical (unpaired) electrons. The van der Waals surface area contributed by atoms with Gasteiger partial charge in [-0.25, -0.2) is 8.78 Å². The number of alkyl halides is 3. The van der Waals surface area contributed by atoms with Crippen LogP contribution in [0.3, 0.4) is 0 Å². The minimum atomic E-state index is -2.48. The SMILES string of the molecule is FC1(F)[C@H](CBr)[C@@H]1c1cccs1. The van der Waals surface area contributed by atoms with E-state index in [1.165, 1.54) is 11.3 Å². The van der Waals surface area contributed by atoms with E-state index in [-0.39, 0.29) is 0 Å². The van der Waals surface area contributed by atoms with Gasteiger partial charge in [-0.05, 0) is 11.4 Å². The van der Waals surface area contributed by atoms with E-state index in [1.54, 1.807) is 6.07 Å². The molecule has 0 unspecified atom stereocenters. The molecule has 1 aliphatic rings. The van der Waals surface area contributed by atoms with Gasteiger partial charge in [-0.1, -0.05) is 22.0 Å². The Morgan fingerprint density at radius 3 is 2.75 bits per heavy atom. The lowest BCUT2D eigenvalue weighted by Crippen LogP contribution is -1.94. The Morgan fingerprint density at radius 1 is 1.58 bits per heavy atom. The zero-order valence-corrected chi connectivity index (χ0v) is 8.54. The van der Waals surface area contributed by atoms with Crippen molar-refractivity contribution in [1.29, 1.82) is 0 Å². The molecule has 66 valence electrons. The number of thiophene rings is 1. The van der Waals surface area contributed by atoms with Gasteiger partial charge < -0.3 is 0 Å². The summed E-state index contributed by atoms with van der Waals surface area (Å²) in [4.78, 5) is 0.810. The Bertz CT molecular complexity index is 271. The molecule has 0 aliphatic heterocycles. The average Bonchev–Trinajstić information content (AvgIpc) is 2.50. The largest absolute Gasteiger partial charge is 0.260 e. The Kier molecular flexibility index (Phi) is 1.99. The first-order chi connectivity index (χ1) is 5.68. The van der Waals surface area contributed by atoms with Crippen LogP contribution in [0, 0.1) is 5.92 Å². The van der Waals surface area contributed by atoms with E-state index in [0.717, 1.165) is 4.88 Å². The lowest BCUT2D eigenvalue weighted by Gasteiger charge is -1.90. The van der Waals surface area contributed by atoms with Gasteiger partial charge in [0.25, 0.3) is 5.92 Å². The topological polar surface area (TPSA) is 0 Å². The Hall–Kier alpha value is 0.0400. The van der Waals surface area contributed by atoms with Crippen LogP contribution in [0.5, 0.6) is 0 Å². The zero-order chi connectivity index (χ0) is 8.77. The number of hydrogen-bond donors (Lipinski definition) is 0. The molecule has 1 aliphatic carbocycles. The van der Waals surface area contributed by atoms with Gasteiger partial charge in [-0.3, -0.25) is 0 Å². The summed E-state index contributed by atoms with van der Waals surface area (Å²) in [5.74, 6) is -3.50. The second-order valence-corrected chi connectivity index (χ2v) is 4.56. The molecule has 1 saturated carbocycles. The third-order valence-electron chi connectivity index (χ3n) is 2.22. The van der Waals surface area contributed by atoms with Crippen LogP contribution in [-0.4, -0.2) is 11.3 Å². The number of rotatable bonds is 2. The van der Waals surface area contributed by atoms with E-state index < -0.39 is 17.8 Å². The van der Waals surface area contributed by atoms with Crippen LogP contribution in [0.15, 0.2) is 17.5 Å². The summed E-state index contributed by atoms with van der Waals surface area (Å²) in [6.07, 6.45) is 0. The maximum absolute atomic E-state index is 13.0. The molecule has 1 aromatic rings. The van der Waals surface area contributed by atoms with E-state index in [1.807, 2.05) is 11.4 Å². The van der Waals surface area contributed by atoms with Crippen LogP contribution < -0.4 is 0 Å². The summed E-state index contributed by atoms with van der Waals surface area (Å²) in [6, 6.07) is 3.60. The second kappa shape index (κ2) is 2.77. The predicted octanol–water partition coefficient (Wildman–Crippen LogP) is 3.49. The average molecular weight is 253 g/mol. The Balaban J connectivity index is 2.19. The van der Waals surface area contributed by atoms with Crippen LogP contribution in [0.4, 0.5) is 8.78 Å². The first kappa shape index (κ1) is 8.63. The summed E-state index contributed by atoms with van der Waals surface area (Å²) >= 11 is 4.52. The maximum Gasteiger partial charge on any atom is 0.260 e. The molecule has 0 amide bonds. The normalized spacial score (nSPS) is 31.9.